The zero-order valence-corrected chi connectivity index (χ0v) is 13.4. The van der Waals surface area contributed by atoms with Crippen molar-refractivity contribution >= 4 is 11.6 Å². The highest BCUT2D eigenvalue weighted by Gasteiger charge is 2.23. The maximum absolute atomic E-state index is 6.14. The molecule has 2 rings (SSSR count). The molecule has 1 aliphatic heterocycles. The lowest BCUT2D eigenvalue weighted by Crippen LogP contribution is -2.45. The van der Waals surface area contributed by atoms with Crippen LogP contribution in [0, 0.1) is 5.92 Å². The zero-order valence-electron chi connectivity index (χ0n) is 12.7. The third-order valence-electron chi connectivity index (χ3n) is 3.85. The van der Waals surface area contributed by atoms with E-state index in [1.807, 2.05) is 6.07 Å². The molecule has 20 heavy (non-hydrogen) atoms. The number of hydrogen-bond acceptors (Lipinski definition) is 3. The number of benzene rings is 1. The van der Waals surface area contributed by atoms with Crippen LogP contribution in [0.15, 0.2) is 18.2 Å². The molecule has 4 heteroatoms. The summed E-state index contributed by atoms with van der Waals surface area (Å²) in [6, 6.07) is 6.63. The zero-order chi connectivity index (χ0) is 14.5. The summed E-state index contributed by atoms with van der Waals surface area (Å²) >= 11 is 6.14. The smallest absolute Gasteiger partial charge is 0.137 e. The Morgan fingerprint density at radius 2 is 2.00 bits per heavy atom. The van der Waals surface area contributed by atoms with Gasteiger partial charge >= 0.3 is 0 Å². The number of hydrogen-bond donors (Lipinski definition) is 1. The molecular weight excluding hydrogens is 272 g/mol. The minimum absolute atomic E-state index is 0.447. The molecular formula is C16H25ClN2O. The van der Waals surface area contributed by atoms with Crippen molar-refractivity contribution in [2.75, 3.05) is 33.3 Å². The summed E-state index contributed by atoms with van der Waals surface area (Å²) in [5.74, 6) is 1.43. The van der Waals surface area contributed by atoms with Crippen molar-refractivity contribution in [3.05, 3.63) is 28.8 Å². The summed E-state index contributed by atoms with van der Waals surface area (Å²) in [6.07, 6.45) is 1.16. The first-order valence-electron chi connectivity index (χ1n) is 7.40. The van der Waals surface area contributed by atoms with Gasteiger partial charge in [-0.05, 0) is 30.0 Å². The quantitative estimate of drug-likeness (QED) is 0.902. The molecule has 0 radical (unpaired) electrons. The summed E-state index contributed by atoms with van der Waals surface area (Å²) in [4.78, 5) is 2.57. The second-order valence-electron chi connectivity index (χ2n) is 5.83. The summed E-state index contributed by atoms with van der Waals surface area (Å²) in [5, 5.41) is 4.10. The lowest BCUT2D eigenvalue weighted by atomic mass is 9.95. The van der Waals surface area contributed by atoms with Gasteiger partial charge in [0.05, 0.1) is 12.1 Å². The molecule has 1 saturated heterocycles. The van der Waals surface area contributed by atoms with Gasteiger partial charge in [0.25, 0.3) is 0 Å². The molecule has 0 spiro atoms. The monoisotopic (exact) mass is 296 g/mol. The van der Waals surface area contributed by atoms with Crippen LogP contribution in [0.2, 0.25) is 5.02 Å². The SMILES string of the molecule is COc1cc([C@@H](CC(C)C)N2CCNCC2)ccc1Cl. The highest BCUT2D eigenvalue weighted by molar-refractivity contribution is 6.32. The number of methoxy groups -OCH3 is 1. The lowest BCUT2D eigenvalue weighted by Gasteiger charge is -2.36. The topological polar surface area (TPSA) is 24.5 Å². The van der Waals surface area contributed by atoms with Crippen molar-refractivity contribution in [1.29, 1.82) is 0 Å². The number of nitrogens with zero attached hydrogens (tertiary/aromatic N) is 1. The van der Waals surface area contributed by atoms with Crippen molar-refractivity contribution in [2.45, 2.75) is 26.3 Å². The third kappa shape index (κ3) is 3.87. The first kappa shape index (κ1) is 15.6. The van der Waals surface area contributed by atoms with Crippen LogP contribution in [-0.4, -0.2) is 38.2 Å². The highest BCUT2D eigenvalue weighted by atomic mass is 35.5. The number of halogens is 1. The summed E-state index contributed by atoms with van der Waals surface area (Å²) in [7, 11) is 1.67. The van der Waals surface area contributed by atoms with Gasteiger partial charge in [-0.1, -0.05) is 31.5 Å². The second-order valence-corrected chi connectivity index (χ2v) is 6.23. The van der Waals surface area contributed by atoms with Crippen molar-refractivity contribution in [3.63, 3.8) is 0 Å². The van der Waals surface area contributed by atoms with Gasteiger partial charge in [-0.15, -0.1) is 0 Å². The fourth-order valence-electron chi connectivity index (χ4n) is 2.82. The predicted octanol–water partition coefficient (Wildman–Crippen LogP) is 3.34. The van der Waals surface area contributed by atoms with Gasteiger partial charge in [-0.25, -0.2) is 0 Å². The molecule has 112 valence electrons. The van der Waals surface area contributed by atoms with Gasteiger partial charge in [0, 0.05) is 32.2 Å². The van der Waals surface area contributed by atoms with Gasteiger partial charge < -0.3 is 10.1 Å². The summed E-state index contributed by atoms with van der Waals surface area (Å²) in [5.41, 5.74) is 1.31. The Balaban J connectivity index is 2.24. The van der Waals surface area contributed by atoms with E-state index in [0.717, 1.165) is 38.3 Å². The van der Waals surface area contributed by atoms with Crippen LogP contribution in [0.5, 0.6) is 5.75 Å². The number of rotatable bonds is 5. The lowest BCUT2D eigenvalue weighted by molar-refractivity contribution is 0.154. The Morgan fingerprint density at radius 1 is 1.30 bits per heavy atom. The Labute approximate surface area is 127 Å². The van der Waals surface area contributed by atoms with Crippen LogP contribution < -0.4 is 10.1 Å². The summed E-state index contributed by atoms with van der Waals surface area (Å²) in [6.45, 7) is 8.90. The molecule has 0 unspecified atom stereocenters. The average Bonchev–Trinajstić information content (AvgIpc) is 2.46. The largest absolute Gasteiger partial charge is 0.495 e. The van der Waals surface area contributed by atoms with E-state index in [9.17, 15) is 0 Å². The van der Waals surface area contributed by atoms with Crippen LogP contribution in [0.1, 0.15) is 31.9 Å². The first-order chi connectivity index (χ1) is 9.61. The van der Waals surface area contributed by atoms with Crippen LogP contribution in [-0.2, 0) is 0 Å². The molecule has 1 aliphatic rings. The van der Waals surface area contributed by atoms with E-state index in [1.165, 1.54) is 5.56 Å². The van der Waals surface area contributed by atoms with Crippen molar-refractivity contribution in [1.82, 2.24) is 10.2 Å². The number of piperazine rings is 1. The summed E-state index contributed by atoms with van der Waals surface area (Å²) < 4.78 is 5.37. The van der Waals surface area contributed by atoms with Crippen LogP contribution in [0.4, 0.5) is 0 Å². The molecule has 0 bridgehead atoms. The van der Waals surface area contributed by atoms with Crippen molar-refractivity contribution < 1.29 is 4.74 Å². The molecule has 1 aromatic carbocycles. The highest BCUT2D eigenvalue weighted by Crippen LogP contribution is 2.33. The molecule has 1 N–H and O–H groups in total. The Bertz CT molecular complexity index is 430. The van der Waals surface area contributed by atoms with Crippen LogP contribution >= 0.6 is 11.6 Å². The molecule has 0 amide bonds. The molecule has 0 aliphatic carbocycles. The minimum Gasteiger partial charge on any atom is -0.495 e. The second kappa shape index (κ2) is 7.30. The molecule has 0 aromatic heterocycles. The van der Waals surface area contributed by atoms with E-state index in [0.29, 0.717) is 17.0 Å². The molecule has 1 heterocycles. The average molecular weight is 297 g/mol. The molecule has 1 aromatic rings. The number of ether oxygens (including phenoxy) is 1. The Morgan fingerprint density at radius 3 is 2.60 bits per heavy atom. The van der Waals surface area contributed by atoms with Gasteiger partial charge in [-0.2, -0.15) is 0 Å². The molecule has 0 saturated carbocycles. The van der Waals surface area contributed by atoms with Crippen LogP contribution in [0.25, 0.3) is 0 Å². The van der Waals surface area contributed by atoms with E-state index >= 15 is 0 Å². The van der Waals surface area contributed by atoms with E-state index in [2.05, 4.69) is 36.2 Å². The Kier molecular flexibility index (Phi) is 5.70. The van der Waals surface area contributed by atoms with Gasteiger partial charge in [0.2, 0.25) is 0 Å². The van der Waals surface area contributed by atoms with E-state index in [4.69, 9.17) is 16.3 Å². The molecule has 1 fully saturated rings. The fraction of sp³-hybridized carbons (Fsp3) is 0.625. The van der Waals surface area contributed by atoms with Crippen molar-refractivity contribution in [3.8, 4) is 5.75 Å². The van der Waals surface area contributed by atoms with Crippen LogP contribution in [0.3, 0.4) is 0 Å². The number of nitrogens with one attached hydrogen (secondary N) is 1. The predicted molar refractivity (Wildman–Crippen MR) is 84.6 cm³/mol. The Hall–Kier alpha value is -0.770. The van der Waals surface area contributed by atoms with Gasteiger partial charge in [0.1, 0.15) is 5.75 Å². The van der Waals surface area contributed by atoms with Gasteiger partial charge in [-0.3, -0.25) is 4.90 Å². The maximum Gasteiger partial charge on any atom is 0.137 e. The molecule has 1 atom stereocenters. The standard InChI is InChI=1S/C16H25ClN2O/c1-12(2)10-15(19-8-6-18-7-9-19)13-4-5-14(17)16(11-13)20-3/h4-5,11-12,15,18H,6-10H2,1-3H3/t15-/m1/s1. The van der Waals surface area contributed by atoms with Gasteiger partial charge in [0.15, 0.2) is 0 Å². The van der Waals surface area contributed by atoms with Crippen molar-refractivity contribution in [2.24, 2.45) is 5.92 Å². The van der Waals surface area contributed by atoms with E-state index in [-0.39, 0.29) is 0 Å². The molecule has 3 nitrogen and oxygen atoms in total. The fourth-order valence-corrected chi connectivity index (χ4v) is 3.01. The third-order valence-corrected chi connectivity index (χ3v) is 4.16. The maximum atomic E-state index is 6.14. The normalized spacial score (nSPS) is 18.2. The minimum atomic E-state index is 0.447. The van der Waals surface area contributed by atoms with E-state index in [1.54, 1.807) is 7.11 Å². The first-order valence-corrected chi connectivity index (χ1v) is 7.77. The van der Waals surface area contributed by atoms with E-state index < -0.39 is 0 Å².